The summed E-state index contributed by atoms with van der Waals surface area (Å²) >= 11 is 0. The van der Waals surface area contributed by atoms with Crippen LogP contribution in [0, 0.1) is 19.8 Å². The third-order valence-electron chi connectivity index (χ3n) is 4.16. The molecule has 18 heavy (non-hydrogen) atoms. The quantitative estimate of drug-likeness (QED) is 0.854. The molecule has 1 aliphatic carbocycles. The molecule has 3 rings (SSSR count). The third-order valence-corrected chi connectivity index (χ3v) is 4.16. The van der Waals surface area contributed by atoms with Crippen LogP contribution in [0.5, 0.6) is 0 Å². The van der Waals surface area contributed by atoms with E-state index in [1.54, 1.807) is 0 Å². The van der Waals surface area contributed by atoms with Gasteiger partial charge in [0.15, 0.2) is 0 Å². The molecule has 1 unspecified atom stereocenters. The summed E-state index contributed by atoms with van der Waals surface area (Å²) in [7, 11) is 0. The van der Waals surface area contributed by atoms with Crippen LogP contribution in [0.25, 0.3) is 10.9 Å². The SMILES string of the molecule is Cc1ccc2c(CC3CCCC3=O)c(C)[nH]c2c1. The first kappa shape index (κ1) is 11.5. The molecule has 0 aliphatic heterocycles. The predicted octanol–water partition coefficient (Wildman–Crippen LogP) is 3.70. The Morgan fingerprint density at radius 2 is 2.17 bits per heavy atom. The van der Waals surface area contributed by atoms with Gasteiger partial charge in [0.05, 0.1) is 0 Å². The molecule has 1 N–H and O–H groups in total. The molecule has 1 saturated carbocycles. The van der Waals surface area contributed by atoms with Crippen LogP contribution in [0.4, 0.5) is 0 Å². The fraction of sp³-hybridized carbons (Fsp3) is 0.438. The second-order valence-electron chi connectivity index (χ2n) is 5.54. The average Bonchev–Trinajstić information content (AvgIpc) is 2.85. The van der Waals surface area contributed by atoms with Crippen LogP contribution in [0.2, 0.25) is 0 Å². The molecule has 2 aromatic rings. The molecule has 1 aromatic heterocycles. The summed E-state index contributed by atoms with van der Waals surface area (Å²) in [5.74, 6) is 0.708. The Morgan fingerprint density at radius 3 is 2.89 bits per heavy atom. The van der Waals surface area contributed by atoms with E-state index in [1.807, 2.05) is 0 Å². The first-order valence-corrected chi connectivity index (χ1v) is 6.75. The number of carbonyl (C=O) groups excluding carboxylic acids is 1. The van der Waals surface area contributed by atoms with E-state index < -0.39 is 0 Å². The van der Waals surface area contributed by atoms with E-state index in [2.05, 4.69) is 37.0 Å². The van der Waals surface area contributed by atoms with Crippen molar-refractivity contribution in [1.29, 1.82) is 0 Å². The molecule has 94 valence electrons. The molecule has 1 atom stereocenters. The molecular weight excluding hydrogens is 222 g/mol. The Kier molecular flexibility index (Phi) is 2.73. The van der Waals surface area contributed by atoms with Crippen molar-refractivity contribution in [2.24, 2.45) is 5.92 Å². The number of benzene rings is 1. The summed E-state index contributed by atoms with van der Waals surface area (Å²) in [5, 5.41) is 1.29. The van der Waals surface area contributed by atoms with Crippen molar-refractivity contribution >= 4 is 16.7 Å². The zero-order valence-electron chi connectivity index (χ0n) is 11.0. The van der Waals surface area contributed by atoms with E-state index in [0.717, 1.165) is 25.7 Å². The Morgan fingerprint density at radius 1 is 1.33 bits per heavy atom. The minimum atomic E-state index is 0.254. The number of hydrogen-bond acceptors (Lipinski definition) is 1. The number of aromatic amines is 1. The van der Waals surface area contributed by atoms with Crippen molar-refractivity contribution < 1.29 is 4.79 Å². The number of aromatic nitrogens is 1. The topological polar surface area (TPSA) is 32.9 Å². The van der Waals surface area contributed by atoms with Crippen molar-refractivity contribution in [3.63, 3.8) is 0 Å². The molecule has 1 heterocycles. The second-order valence-corrected chi connectivity index (χ2v) is 5.54. The maximum absolute atomic E-state index is 11.8. The van der Waals surface area contributed by atoms with Crippen LogP contribution >= 0.6 is 0 Å². The minimum Gasteiger partial charge on any atom is -0.358 e. The van der Waals surface area contributed by atoms with E-state index in [9.17, 15) is 4.79 Å². The largest absolute Gasteiger partial charge is 0.358 e. The van der Waals surface area contributed by atoms with E-state index >= 15 is 0 Å². The number of fused-ring (bicyclic) bond motifs is 1. The van der Waals surface area contributed by atoms with E-state index in [4.69, 9.17) is 0 Å². The van der Waals surface area contributed by atoms with Gasteiger partial charge in [-0.3, -0.25) is 4.79 Å². The van der Waals surface area contributed by atoms with Gasteiger partial charge in [-0.25, -0.2) is 0 Å². The van der Waals surface area contributed by atoms with Gasteiger partial charge in [0.2, 0.25) is 0 Å². The van der Waals surface area contributed by atoms with E-state index in [1.165, 1.54) is 27.7 Å². The van der Waals surface area contributed by atoms with Crippen LogP contribution in [0.1, 0.15) is 36.1 Å². The Labute approximate surface area is 107 Å². The molecule has 0 saturated heterocycles. The zero-order chi connectivity index (χ0) is 12.7. The van der Waals surface area contributed by atoms with Gasteiger partial charge in [-0.05, 0) is 50.3 Å². The van der Waals surface area contributed by atoms with E-state index in [0.29, 0.717) is 5.78 Å². The maximum atomic E-state index is 11.8. The Balaban J connectivity index is 2.00. The summed E-state index contributed by atoms with van der Waals surface area (Å²) < 4.78 is 0. The van der Waals surface area contributed by atoms with Gasteiger partial charge in [-0.15, -0.1) is 0 Å². The highest BCUT2D eigenvalue weighted by molar-refractivity contribution is 5.87. The van der Waals surface area contributed by atoms with Crippen LogP contribution in [0.15, 0.2) is 18.2 Å². The number of aryl methyl sites for hydroxylation is 2. The second kappa shape index (κ2) is 4.27. The Hall–Kier alpha value is -1.57. The van der Waals surface area contributed by atoms with Crippen molar-refractivity contribution in [2.75, 3.05) is 0 Å². The van der Waals surface area contributed by atoms with Crippen molar-refractivity contribution in [3.05, 3.63) is 35.0 Å². The molecular formula is C16H19NO. The molecule has 0 radical (unpaired) electrons. The summed E-state index contributed by atoms with van der Waals surface area (Å²) in [6.45, 7) is 4.22. The number of carbonyl (C=O) groups is 1. The van der Waals surface area contributed by atoms with Gasteiger partial charge in [0.25, 0.3) is 0 Å². The normalized spacial score (nSPS) is 19.9. The number of H-pyrrole nitrogens is 1. The first-order chi connectivity index (χ1) is 8.65. The van der Waals surface area contributed by atoms with Crippen LogP contribution in [-0.2, 0) is 11.2 Å². The number of Topliss-reactive ketones (excluding diaryl/α,β-unsaturated/α-hetero) is 1. The molecule has 0 bridgehead atoms. The summed E-state index contributed by atoms with van der Waals surface area (Å²) in [4.78, 5) is 15.2. The highest BCUT2D eigenvalue weighted by atomic mass is 16.1. The van der Waals surface area contributed by atoms with Gasteiger partial charge in [0.1, 0.15) is 5.78 Å². The summed E-state index contributed by atoms with van der Waals surface area (Å²) in [5.41, 5.74) is 5.03. The van der Waals surface area contributed by atoms with Crippen molar-refractivity contribution in [2.45, 2.75) is 39.5 Å². The van der Waals surface area contributed by atoms with Crippen LogP contribution < -0.4 is 0 Å². The molecule has 1 fully saturated rings. The summed E-state index contributed by atoms with van der Waals surface area (Å²) in [6.07, 6.45) is 3.83. The van der Waals surface area contributed by atoms with Gasteiger partial charge in [0, 0.05) is 28.9 Å². The predicted molar refractivity (Wildman–Crippen MR) is 73.8 cm³/mol. The molecule has 0 amide bonds. The lowest BCUT2D eigenvalue weighted by molar-refractivity contribution is -0.120. The number of nitrogens with one attached hydrogen (secondary N) is 1. The third kappa shape index (κ3) is 1.86. The van der Waals surface area contributed by atoms with Gasteiger partial charge in [-0.1, -0.05) is 12.1 Å². The monoisotopic (exact) mass is 241 g/mol. The summed E-state index contributed by atoms with van der Waals surface area (Å²) in [6, 6.07) is 6.51. The Bertz CT molecular complexity index is 609. The minimum absolute atomic E-state index is 0.254. The number of hydrogen-bond donors (Lipinski definition) is 1. The fourth-order valence-corrected chi connectivity index (χ4v) is 3.12. The van der Waals surface area contributed by atoms with Gasteiger partial charge < -0.3 is 4.98 Å². The lowest BCUT2D eigenvalue weighted by atomic mass is 9.95. The number of ketones is 1. The molecule has 1 aromatic carbocycles. The van der Waals surface area contributed by atoms with Gasteiger partial charge in [-0.2, -0.15) is 0 Å². The fourth-order valence-electron chi connectivity index (χ4n) is 3.12. The zero-order valence-corrected chi connectivity index (χ0v) is 11.0. The standard InChI is InChI=1S/C16H19NO/c1-10-6-7-13-14(11(2)17-15(13)8-10)9-12-4-3-5-16(12)18/h6-8,12,17H,3-5,9H2,1-2H3. The van der Waals surface area contributed by atoms with Crippen molar-refractivity contribution in [1.82, 2.24) is 4.98 Å². The molecule has 0 spiro atoms. The molecule has 2 heteroatoms. The lowest BCUT2D eigenvalue weighted by Crippen LogP contribution is -2.09. The first-order valence-electron chi connectivity index (χ1n) is 6.75. The van der Waals surface area contributed by atoms with E-state index in [-0.39, 0.29) is 5.92 Å². The molecule has 1 aliphatic rings. The highest BCUT2D eigenvalue weighted by Crippen LogP contribution is 2.30. The van der Waals surface area contributed by atoms with Gasteiger partial charge >= 0.3 is 0 Å². The van der Waals surface area contributed by atoms with Crippen molar-refractivity contribution in [3.8, 4) is 0 Å². The highest BCUT2D eigenvalue weighted by Gasteiger charge is 2.26. The number of rotatable bonds is 2. The maximum Gasteiger partial charge on any atom is 0.136 e. The average molecular weight is 241 g/mol. The lowest BCUT2D eigenvalue weighted by Gasteiger charge is -2.08. The van der Waals surface area contributed by atoms with Crippen LogP contribution in [0.3, 0.4) is 0 Å². The molecule has 2 nitrogen and oxygen atoms in total. The van der Waals surface area contributed by atoms with Crippen LogP contribution in [-0.4, -0.2) is 10.8 Å². The smallest absolute Gasteiger partial charge is 0.136 e.